The lowest BCUT2D eigenvalue weighted by atomic mass is 10.1. The van der Waals surface area contributed by atoms with Gasteiger partial charge in [0, 0.05) is 35.4 Å². The van der Waals surface area contributed by atoms with Crippen molar-refractivity contribution < 1.29 is 19.4 Å². The number of aryl methyl sites for hydroxylation is 1. The maximum absolute atomic E-state index is 12.7. The van der Waals surface area contributed by atoms with Gasteiger partial charge in [-0.3, -0.25) is 9.59 Å². The van der Waals surface area contributed by atoms with Crippen molar-refractivity contribution in [2.24, 2.45) is 0 Å². The van der Waals surface area contributed by atoms with E-state index in [1.807, 2.05) is 25.1 Å². The lowest BCUT2D eigenvalue weighted by Gasteiger charge is -2.07. The molecule has 0 atom stereocenters. The number of carbonyl (C=O) groups excluding carboxylic acids is 1. The van der Waals surface area contributed by atoms with Crippen LogP contribution in [0.2, 0.25) is 0 Å². The average molecular weight is 364 g/mol. The smallest absolute Gasteiger partial charge is 0.313 e. The summed E-state index contributed by atoms with van der Waals surface area (Å²) in [6, 6.07) is 5.77. The highest BCUT2D eigenvalue weighted by molar-refractivity contribution is 7.99. The van der Waals surface area contributed by atoms with Crippen LogP contribution in [0.4, 0.5) is 0 Å². The number of rotatable bonds is 9. The molecule has 136 valence electrons. The molecule has 0 aliphatic rings. The molecule has 1 aromatic carbocycles. The Labute approximate surface area is 151 Å². The second-order valence-corrected chi connectivity index (χ2v) is 6.80. The van der Waals surface area contributed by atoms with E-state index < -0.39 is 5.97 Å². The quantitative estimate of drug-likeness (QED) is 0.669. The largest absolute Gasteiger partial charge is 0.497 e. The molecule has 7 heteroatoms. The Balaban J connectivity index is 2.24. The van der Waals surface area contributed by atoms with Crippen LogP contribution < -0.4 is 10.1 Å². The fourth-order valence-electron chi connectivity index (χ4n) is 2.87. The molecule has 0 saturated carbocycles. The number of nitrogens with zero attached hydrogens (tertiary/aromatic N) is 1. The van der Waals surface area contributed by atoms with Crippen molar-refractivity contribution >= 4 is 34.5 Å². The number of ether oxygens (including phenoxy) is 1. The average Bonchev–Trinajstić information content (AvgIpc) is 2.85. The van der Waals surface area contributed by atoms with Gasteiger partial charge in [0.2, 0.25) is 0 Å². The minimum atomic E-state index is -0.845. The number of carboxylic acid groups (broad SMARTS) is 1. The molecule has 25 heavy (non-hydrogen) atoms. The highest BCUT2D eigenvalue weighted by atomic mass is 32.2. The number of benzene rings is 1. The van der Waals surface area contributed by atoms with Gasteiger partial charge < -0.3 is 19.7 Å². The van der Waals surface area contributed by atoms with Crippen molar-refractivity contribution in [1.29, 1.82) is 0 Å². The van der Waals surface area contributed by atoms with Gasteiger partial charge in [-0.25, -0.2) is 0 Å². The van der Waals surface area contributed by atoms with Crippen LogP contribution in [0.15, 0.2) is 18.2 Å². The molecule has 0 aliphatic heterocycles. The number of amides is 1. The normalized spacial score (nSPS) is 10.8. The van der Waals surface area contributed by atoms with E-state index in [0.29, 0.717) is 23.6 Å². The number of methoxy groups -OCH3 is 1. The predicted octanol–water partition coefficient (Wildman–Crippen LogP) is 2.92. The molecule has 2 rings (SSSR count). The molecule has 6 nitrogen and oxygen atoms in total. The van der Waals surface area contributed by atoms with E-state index >= 15 is 0 Å². The zero-order valence-electron chi connectivity index (χ0n) is 14.8. The van der Waals surface area contributed by atoms with Crippen LogP contribution in [0.5, 0.6) is 5.75 Å². The van der Waals surface area contributed by atoms with Crippen molar-refractivity contribution in [3.63, 3.8) is 0 Å². The van der Waals surface area contributed by atoms with E-state index in [1.54, 1.807) is 7.11 Å². The summed E-state index contributed by atoms with van der Waals surface area (Å²) in [4.78, 5) is 23.2. The van der Waals surface area contributed by atoms with E-state index in [1.165, 1.54) is 11.8 Å². The molecule has 2 N–H and O–H groups in total. The van der Waals surface area contributed by atoms with Gasteiger partial charge in [-0.1, -0.05) is 6.92 Å². The summed E-state index contributed by atoms with van der Waals surface area (Å²) in [6.45, 7) is 5.33. The van der Waals surface area contributed by atoms with Crippen molar-refractivity contribution in [1.82, 2.24) is 9.88 Å². The molecule has 0 saturated heterocycles. The van der Waals surface area contributed by atoms with Crippen LogP contribution in [0.25, 0.3) is 10.9 Å². The molecule has 0 spiro atoms. The van der Waals surface area contributed by atoms with Crippen LogP contribution in [0.1, 0.15) is 29.4 Å². The van der Waals surface area contributed by atoms with Crippen LogP contribution in [0.3, 0.4) is 0 Å². The maximum Gasteiger partial charge on any atom is 0.313 e. The summed E-state index contributed by atoms with van der Waals surface area (Å²) in [5.74, 6) is 0.339. The fraction of sp³-hybridized carbons (Fsp3) is 0.444. The van der Waals surface area contributed by atoms with E-state index in [2.05, 4.69) is 16.8 Å². The topological polar surface area (TPSA) is 80.6 Å². The van der Waals surface area contributed by atoms with Gasteiger partial charge in [0.25, 0.3) is 5.91 Å². The molecule has 0 unspecified atom stereocenters. The number of carbonyl (C=O) groups is 2. The first-order valence-corrected chi connectivity index (χ1v) is 9.39. The van der Waals surface area contributed by atoms with Crippen molar-refractivity contribution in [3.8, 4) is 5.75 Å². The standard InChI is InChI=1S/C18H24N2O4S/c1-4-8-20-12(2)17(14-10-13(24-3)5-6-15(14)20)18(23)19-7-9-25-11-16(21)22/h5-6,10H,4,7-9,11H2,1-3H3,(H,19,23)(H,21,22). The number of hydrogen-bond acceptors (Lipinski definition) is 4. The first-order valence-electron chi connectivity index (χ1n) is 8.24. The number of thioether (sulfide) groups is 1. The molecule has 0 radical (unpaired) electrons. The van der Waals surface area contributed by atoms with E-state index in [9.17, 15) is 9.59 Å². The van der Waals surface area contributed by atoms with Gasteiger partial charge in [0.05, 0.1) is 18.4 Å². The molecule has 0 aliphatic carbocycles. The van der Waals surface area contributed by atoms with Crippen molar-refractivity contribution in [2.75, 3.05) is 25.2 Å². The third-order valence-electron chi connectivity index (χ3n) is 3.96. The summed E-state index contributed by atoms with van der Waals surface area (Å²) >= 11 is 1.29. The third-order valence-corrected chi connectivity index (χ3v) is 4.91. The van der Waals surface area contributed by atoms with Crippen LogP contribution in [-0.2, 0) is 11.3 Å². The van der Waals surface area contributed by atoms with Gasteiger partial charge in [0.1, 0.15) is 5.75 Å². The van der Waals surface area contributed by atoms with Gasteiger partial charge in [0.15, 0.2) is 0 Å². The van der Waals surface area contributed by atoms with Crippen molar-refractivity contribution in [2.45, 2.75) is 26.8 Å². The molecular weight excluding hydrogens is 340 g/mol. The Bertz CT molecular complexity index is 770. The zero-order chi connectivity index (χ0) is 18.4. The Hall–Kier alpha value is -2.15. The highest BCUT2D eigenvalue weighted by Gasteiger charge is 2.20. The van der Waals surface area contributed by atoms with Crippen LogP contribution >= 0.6 is 11.8 Å². The first-order chi connectivity index (χ1) is 12.0. The molecule has 0 bridgehead atoms. The highest BCUT2D eigenvalue weighted by Crippen LogP contribution is 2.29. The summed E-state index contributed by atoms with van der Waals surface area (Å²) in [7, 11) is 1.61. The summed E-state index contributed by atoms with van der Waals surface area (Å²) in [5.41, 5.74) is 2.61. The third kappa shape index (κ3) is 4.48. The molecule has 2 aromatic rings. The molecular formula is C18H24N2O4S. The second-order valence-electron chi connectivity index (χ2n) is 5.70. The number of carboxylic acids is 1. The Morgan fingerprint density at radius 2 is 2.12 bits per heavy atom. The van der Waals surface area contributed by atoms with Gasteiger partial charge in [-0.05, 0) is 31.5 Å². The monoisotopic (exact) mass is 364 g/mol. The molecule has 1 amide bonds. The fourth-order valence-corrected chi connectivity index (χ4v) is 3.44. The lowest BCUT2D eigenvalue weighted by Crippen LogP contribution is -2.26. The maximum atomic E-state index is 12.7. The van der Waals surface area contributed by atoms with Crippen molar-refractivity contribution in [3.05, 3.63) is 29.5 Å². The Morgan fingerprint density at radius 1 is 1.36 bits per heavy atom. The Morgan fingerprint density at radius 3 is 2.76 bits per heavy atom. The number of hydrogen-bond donors (Lipinski definition) is 2. The number of fused-ring (bicyclic) bond motifs is 1. The van der Waals surface area contributed by atoms with Crippen LogP contribution in [0, 0.1) is 6.92 Å². The number of nitrogens with one attached hydrogen (secondary N) is 1. The predicted molar refractivity (Wildman–Crippen MR) is 101 cm³/mol. The van der Waals surface area contributed by atoms with Gasteiger partial charge >= 0.3 is 5.97 Å². The van der Waals surface area contributed by atoms with Crippen LogP contribution in [-0.4, -0.2) is 46.7 Å². The number of aliphatic carboxylic acids is 1. The van der Waals surface area contributed by atoms with Gasteiger partial charge in [-0.2, -0.15) is 0 Å². The summed E-state index contributed by atoms with van der Waals surface area (Å²) in [5, 5.41) is 12.4. The summed E-state index contributed by atoms with van der Waals surface area (Å²) in [6.07, 6.45) is 0.976. The second kappa shape index (κ2) is 8.80. The van der Waals surface area contributed by atoms with E-state index in [-0.39, 0.29) is 11.7 Å². The van der Waals surface area contributed by atoms with Gasteiger partial charge in [-0.15, -0.1) is 11.8 Å². The van der Waals surface area contributed by atoms with E-state index in [4.69, 9.17) is 9.84 Å². The SMILES string of the molecule is CCCn1c(C)c(C(=O)NCCSCC(=O)O)c2cc(OC)ccc21. The minimum Gasteiger partial charge on any atom is -0.497 e. The number of aromatic nitrogens is 1. The summed E-state index contributed by atoms with van der Waals surface area (Å²) < 4.78 is 7.46. The zero-order valence-corrected chi connectivity index (χ0v) is 15.6. The molecule has 1 heterocycles. The minimum absolute atomic E-state index is 0.0436. The molecule has 1 aromatic heterocycles. The molecule has 0 fully saturated rings. The first kappa shape index (κ1) is 19.2. The van der Waals surface area contributed by atoms with E-state index in [0.717, 1.165) is 29.6 Å². The lowest BCUT2D eigenvalue weighted by molar-refractivity contribution is -0.133. The Kier molecular flexibility index (Phi) is 6.75.